The van der Waals surface area contributed by atoms with E-state index in [1.807, 2.05) is 19.2 Å². The molecule has 5 nitrogen and oxygen atoms in total. The van der Waals surface area contributed by atoms with Gasteiger partial charge in [-0.1, -0.05) is 25.1 Å². The zero-order valence-corrected chi connectivity index (χ0v) is 14.2. The average molecular weight is 316 g/mol. The molecule has 2 unspecified atom stereocenters. The molecule has 0 spiro atoms. The average Bonchev–Trinajstić information content (AvgIpc) is 3.21. The molecule has 0 saturated carbocycles. The summed E-state index contributed by atoms with van der Waals surface area (Å²) >= 11 is 0. The van der Waals surface area contributed by atoms with E-state index in [0.717, 1.165) is 43.7 Å². The molecule has 2 heterocycles. The number of ether oxygens (including phenoxy) is 1. The first-order valence-corrected chi connectivity index (χ1v) is 8.70. The van der Waals surface area contributed by atoms with Crippen LogP contribution in [0.5, 0.6) is 5.75 Å². The third-order valence-corrected chi connectivity index (χ3v) is 4.81. The molecular formula is C18H28N4O. The number of likely N-dealkylation sites (tertiary alicyclic amines) is 1. The molecule has 0 amide bonds. The largest absolute Gasteiger partial charge is 0.488 e. The van der Waals surface area contributed by atoms with E-state index in [9.17, 15) is 0 Å². The maximum absolute atomic E-state index is 5.96. The van der Waals surface area contributed by atoms with Crippen molar-refractivity contribution in [1.82, 2.24) is 15.5 Å². The van der Waals surface area contributed by atoms with Gasteiger partial charge in [-0.05, 0) is 37.1 Å². The van der Waals surface area contributed by atoms with Crippen LogP contribution in [0.3, 0.4) is 0 Å². The van der Waals surface area contributed by atoms with Crippen molar-refractivity contribution in [3.8, 4) is 5.75 Å². The summed E-state index contributed by atoms with van der Waals surface area (Å²) in [6.45, 7) is 7.57. The first-order chi connectivity index (χ1) is 11.3. The van der Waals surface area contributed by atoms with Gasteiger partial charge in [-0.2, -0.15) is 0 Å². The van der Waals surface area contributed by atoms with Crippen LogP contribution in [0, 0.1) is 5.92 Å². The number of nitrogens with one attached hydrogen (secondary N) is 2. The van der Waals surface area contributed by atoms with E-state index in [4.69, 9.17) is 4.74 Å². The number of benzene rings is 1. The summed E-state index contributed by atoms with van der Waals surface area (Å²) in [6.07, 6.45) is 2.43. The summed E-state index contributed by atoms with van der Waals surface area (Å²) in [5.74, 6) is 2.62. The van der Waals surface area contributed by atoms with Crippen LogP contribution in [0.4, 0.5) is 0 Å². The van der Waals surface area contributed by atoms with Crippen LogP contribution in [0.2, 0.25) is 0 Å². The van der Waals surface area contributed by atoms with Crippen molar-refractivity contribution < 1.29 is 4.74 Å². The van der Waals surface area contributed by atoms with Crippen molar-refractivity contribution in [3.63, 3.8) is 0 Å². The SMILES string of the molecule is CCN1CCC(CNC(=NC)NCC2Cc3ccccc3O2)C1. The molecule has 5 heteroatoms. The highest BCUT2D eigenvalue weighted by molar-refractivity contribution is 5.79. The van der Waals surface area contributed by atoms with Gasteiger partial charge in [-0.3, -0.25) is 4.99 Å². The molecule has 0 aliphatic carbocycles. The summed E-state index contributed by atoms with van der Waals surface area (Å²) in [5.41, 5.74) is 1.30. The molecule has 2 aliphatic heterocycles. The van der Waals surface area contributed by atoms with Gasteiger partial charge in [-0.15, -0.1) is 0 Å². The molecule has 3 rings (SSSR count). The minimum atomic E-state index is 0.188. The second-order valence-electron chi connectivity index (χ2n) is 6.43. The summed E-state index contributed by atoms with van der Waals surface area (Å²) in [7, 11) is 1.83. The fourth-order valence-electron chi connectivity index (χ4n) is 3.41. The van der Waals surface area contributed by atoms with Crippen molar-refractivity contribution in [1.29, 1.82) is 0 Å². The molecule has 1 saturated heterocycles. The van der Waals surface area contributed by atoms with Gasteiger partial charge in [0.15, 0.2) is 5.96 Å². The minimum absolute atomic E-state index is 0.188. The van der Waals surface area contributed by atoms with Gasteiger partial charge in [0.2, 0.25) is 0 Å². The van der Waals surface area contributed by atoms with Crippen LogP contribution in [0.15, 0.2) is 29.3 Å². The lowest BCUT2D eigenvalue weighted by molar-refractivity contribution is 0.235. The van der Waals surface area contributed by atoms with E-state index in [1.165, 1.54) is 25.1 Å². The van der Waals surface area contributed by atoms with Gasteiger partial charge in [0.1, 0.15) is 11.9 Å². The van der Waals surface area contributed by atoms with E-state index < -0.39 is 0 Å². The Morgan fingerprint density at radius 1 is 1.30 bits per heavy atom. The van der Waals surface area contributed by atoms with Crippen LogP contribution in [0.25, 0.3) is 0 Å². The van der Waals surface area contributed by atoms with Gasteiger partial charge in [-0.25, -0.2) is 0 Å². The summed E-state index contributed by atoms with van der Waals surface area (Å²) in [4.78, 5) is 6.83. The van der Waals surface area contributed by atoms with E-state index in [1.54, 1.807) is 0 Å². The van der Waals surface area contributed by atoms with Gasteiger partial charge < -0.3 is 20.3 Å². The molecule has 2 N–H and O–H groups in total. The number of rotatable bonds is 5. The van der Waals surface area contributed by atoms with Crippen LogP contribution < -0.4 is 15.4 Å². The highest BCUT2D eigenvalue weighted by Crippen LogP contribution is 2.27. The number of guanidine groups is 1. The fraction of sp³-hybridized carbons (Fsp3) is 0.611. The molecular weight excluding hydrogens is 288 g/mol. The predicted molar refractivity (Wildman–Crippen MR) is 94.1 cm³/mol. The smallest absolute Gasteiger partial charge is 0.191 e. The maximum atomic E-state index is 5.96. The van der Waals surface area contributed by atoms with Gasteiger partial charge >= 0.3 is 0 Å². The quantitative estimate of drug-likeness (QED) is 0.638. The first-order valence-electron chi connectivity index (χ1n) is 8.70. The number of hydrogen-bond donors (Lipinski definition) is 2. The zero-order valence-electron chi connectivity index (χ0n) is 14.2. The summed E-state index contributed by atoms with van der Waals surface area (Å²) in [6, 6.07) is 8.28. The van der Waals surface area contributed by atoms with Gasteiger partial charge in [0.05, 0.1) is 6.54 Å². The molecule has 23 heavy (non-hydrogen) atoms. The van der Waals surface area contributed by atoms with Gasteiger partial charge in [0.25, 0.3) is 0 Å². The van der Waals surface area contributed by atoms with Crippen molar-refractivity contribution in [2.45, 2.75) is 25.9 Å². The molecule has 1 fully saturated rings. The normalized spacial score (nSPS) is 24.3. The lowest BCUT2D eigenvalue weighted by Gasteiger charge is -2.18. The zero-order chi connectivity index (χ0) is 16.1. The highest BCUT2D eigenvalue weighted by atomic mass is 16.5. The Labute approximate surface area is 139 Å². The molecule has 126 valence electrons. The van der Waals surface area contributed by atoms with Crippen LogP contribution in [0.1, 0.15) is 18.9 Å². The van der Waals surface area contributed by atoms with E-state index >= 15 is 0 Å². The Kier molecular flexibility index (Phi) is 5.39. The van der Waals surface area contributed by atoms with Crippen LogP contribution >= 0.6 is 0 Å². The third-order valence-electron chi connectivity index (χ3n) is 4.81. The standard InChI is InChI=1S/C18H28N4O/c1-3-22-9-8-14(13-22)11-20-18(19-2)21-12-16-10-15-6-4-5-7-17(15)23-16/h4-7,14,16H,3,8-13H2,1-2H3,(H2,19,20,21). The Morgan fingerprint density at radius 3 is 2.87 bits per heavy atom. The predicted octanol–water partition coefficient (Wildman–Crippen LogP) is 1.50. The van der Waals surface area contributed by atoms with E-state index in [-0.39, 0.29) is 6.10 Å². The number of fused-ring (bicyclic) bond motifs is 1. The molecule has 1 aromatic carbocycles. The number of hydrogen-bond acceptors (Lipinski definition) is 3. The van der Waals surface area contributed by atoms with E-state index in [2.05, 4.69) is 39.6 Å². The summed E-state index contributed by atoms with van der Waals surface area (Å²) < 4.78 is 5.96. The number of para-hydroxylation sites is 1. The Morgan fingerprint density at radius 2 is 2.13 bits per heavy atom. The number of nitrogens with zero attached hydrogens (tertiary/aromatic N) is 2. The van der Waals surface area contributed by atoms with E-state index in [0.29, 0.717) is 0 Å². The molecule has 2 aliphatic rings. The Balaban J connectivity index is 1.39. The van der Waals surface area contributed by atoms with Crippen LogP contribution in [-0.4, -0.2) is 56.7 Å². The topological polar surface area (TPSA) is 48.9 Å². The highest BCUT2D eigenvalue weighted by Gasteiger charge is 2.23. The van der Waals surface area contributed by atoms with Crippen molar-refractivity contribution >= 4 is 5.96 Å². The minimum Gasteiger partial charge on any atom is -0.488 e. The van der Waals surface area contributed by atoms with Crippen molar-refractivity contribution in [3.05, 3.63) is 29.8 Å². The molecule has 0 bridgehead atoms. The molecule has 2 atom stereocenters. The molecule has 0 radical (unpaired) electrons. The molecule has 0 aromatic heterocycles. The van der Waals surface area contributed by atoms with Crippen LogP contribution in [-0.2, 0) is 6.42 Å². The third kappa shape index (κ3) is 4.16. The fourth-order valence-corrected chi connectivity index (χ4v) is 3.41. The summed E-state index contributed by atoms with van der Waals surface area (Å²) in [5, 5.41) is 6.85. The second kappa shape index (κ2) is 7.68. The van der Waals surface area contributed by atoms with Crippen molar-refractivity contribution in [2.24, 2.45) is 10.9 Å². The molecule has 1 aromatic rings. The Bertz CT molecular complexity index is 521. The lowest BCUT2D eigenvalue weighted by Crippen LogP contribution is -2.44. The van der Waals surface area contributed by atoms with Crippen molar-refractivity contribution in [2.75, 3.05) is 39.8 Å². The number of aliphatic imine (C=N–C) groups is 1. The second-order valence-corrected chi connectivity index (χ2v) is 6.43. The Hall–Kier alpha value is -1.75. The monoisotopic (exact) mass is 316 g/mol. The lowest BCUT2D eigenvalue weighted by atomic mass is 10.1. The first kappa shape index (κ1) is 16.1. The van der Waals surface area contributed by atoms with Gasteiger partial charge in [0, 0.05) is 26.6 Å². The maximum Gasteiger partial charge on any atom is 0.191 e.